The number of furan rings is 1. The molecule has 1 aromatic carbocycles. The van der Waals surface area contributed by atoms with Gasteiger partial charge >= 0.3 is 0 Å². The molecule has 0 amide bonds. The van der Waals surface area contributed by atoms with E-state index >= 15 is 0 Å². The first kappa shape index (κ1) is 13.7. The van der Waals surface area contributed by atoms with E-state index < -0.39 is 0 Å². The molecule has 20 heavy (non-hydrogen) atoms. The van der Waals surface area contributed by atoms with Crippen LogP contribution in [0.2, 0.25) is 0 Å². The highest BCUT2D eigenvalue weighted by atomic mass is 16.3. The summed E-state index contributed by atoms with van der Waals surface area (Å²) in [6, 6.07) is 8.34. The largest absolute Gasteiger partial charge is 0.459 e. The van der Waals surface area contributed by atoms with Gasteiger partial charge < -0.3 is 14.8 Å². The van der Waals surface area contributed by atoms with Gasteiger partial charge in [0.15, 0.2) is 0 Å². The molecule has 1 fully saturated rings. The van der Waals surface area contributed by atoms with Gasteiger partial charge in [0.25, 0.3) is 0 Å². The second-order valence-electron chi connectivity index (χ2n) is 5.98. The zero-order chi connectivity index (χ0) is 14.1. The fraction of sp³-hybridized carbons (Fsp3) is 0.529. The first-order chi connectivity index (χ1) is 9.66. The highest BCUT2D eigenvalue weighted by Crippen LogP contribution is 2.30. The molecule has 3 unspecified atom stereocenters. The van der Waals surface area contributed by atoms with Gasteiger partial charge in [-0.25, -0.2) is 0 Å². The van der Waals surface area contributed by atoms with Crippen LogP contribution in [0.15, 0.2) is 28.7 Å². The predicted octanol–water partition coefficient (Wildman–Crippen LogP) is 3.55. The van der Waals surface area contributed by atoms with Gasteiger partial charge in [-0.2, -0.15) is 0 Å². The smallest absolute Gasteiger partial charge is 0.134 e. The van der Waals surface area contributed by atoms with Crippen LogP contribution in [0.3, 0.4) is 0 Å². The standard InChI is InChI=1S/C17H23NO2/c1-11-14-7-3-4-9-16(14)20-17(11)12(2)18-10-13-6-5-8-15(13)19/h3-4,7,9,12-13,15,18-19H,5-6,8,10H2,1-2H3. The van der Waals surface area contributed by atoms with Crippen molar-refractivity contribution in [3.05, 3.63) is 35.6 Å². The van der Waals surface area contributed by atoms with Gasteiger partial charge in [-0.05, 0) is 44.2 Å². The van der Waals surface area contributed by atoms with E-state index in [-0.39, 0.29) is 12.1 Å². The van der Waals surface area contributed by atoms with E-state index in [0.29, 0.717) is 5.92 Å². The Morgan fingerprint density at radius 3 is 2.85 bits per heavy atom. The van der Waals surface area contributed by atoms with Crippen LogP contribution in [0.1, 0.15) is 43.6 Å². The second kappa shape index (κ2) is 5.58. The SMILES string of the molecule is Cc1c(C(C)NCC2CCCC2O)oc2ccccc12. The lowest BCUT2D eigenvalue weighted by Gasteiger charge is -2.18. The van der Waals surface area contributed by atoms with Crippen molar-refractivity contribution in [2.24, 2.45) is 5.92 Å². The van der Waals surface area contributed by atoms with Crippen molar-refractivity contribution in [2.75, 3.05) is 6.54 Å². The molecule has 1 aliphatic carbocycles. The molecule has 3 nitrogen and oxygen atoms in total. The molecule has 3 heteroatoms. The molecule has 2 aromatic rings. The molecule has 0 saturated heterocycles. The average Bonchev–Trinajstić information content (AvgIpc) is 3.01. The van der Waals surface area contributed by atoms with Gasteiger partial charge in [-0.15, -0.1) is 0 Å². The molecular formula is C17H23NO2. The first-order valence-electron chi connectivity index (χ1n) is 7.56. The summed E-state index contributed by atoms with van der Waals surface area (Å²) in [5, 5.41) is 14.6. The van der Waals surface area contributed by atoms with Crippen molar-refractivity contribution >= 4 is 11.0 Å². The number of hydrogen-bond acceptors (Lipinski definition) is 3. The zero-order valence-corrected chi connectivity index (χ0v) is 12.2. The molecule has 0 spiro atoms. The fourth-order valence-electron chi connectivity index (χ4n) is 3.28. The number of aryl methyl sites for hydroxylation is 1. The highest BCUT2D eigenvalue weighted by Gasteiger charge is 2.26. The third-order valence-electron chi connectivity index (χ3n) is 4.58. The Morgan fingerprint density at radius 1 is 1.35 bits per heavy atom. The minimum Gasteiger partial charge on any atom is -0.459 e. The lowest BCUT2D eigenvalue weighted by molar-refractivity contribution is 0.129. The summed E-state index contributed by atoms with van der Waals surface area (Å²) in [7, 11) is 0. The van der Waals surface area contributed by atoms with Crippen LogP contribution in [0, 0.1) is 12.8 Å². The van der Waals surface area contributed by atoms with E-state index in [2.05, 4.69) is 25.2 Å². The summed E-state index contributed by atoms with van der Waals surface area (Å²) in [6.07, 6.45) is 3.09. The van der Waals surface area contributed by atoms with Crippen LogP contribution in [0.5, 0.6) is 0 Å². The summed E-state index contributed by atoms with van der Waals surface area (Å²) < 4.78 is 5.98. The van der Waals surface area contributed by atoms with Gasteiger partial charge in [0.1, 0.15) is 11.3 Å². The summed E-state index contributed by atoms with van der Waals surface area (Å²) in [4.78, 5) is 0. The maximum absolute atomic E-state index is 9.88. The summed E-state index contributed by atoms with van der Waals surface area (Å²) in [6.45, 7) is 5.11. The monoisotopic (exact) mass is 273 g/mol. The number of benzene rings is 1. The number of rotatable bonds is 4. The summed E-state index contributed by atoms with van der Waals surface area (Å²) >= 11 is 0. The number of nitrogens with one attached hydrogen (secondary N) is 1. The van der Waals surface area contributed by atoms with Crippen molar-refractivity contribution < 1.29 is 9.52 Å². The molecule has 1 aromatic heterocycles. The van der Waals surface area contributed by atoms with Crippen LogP contribution in [0.25, 0.3) is 11.0 Å². The Kier molecular flexibility index (Phi) is 3.81. The minimum absolute atomic E-state index is 0.133. The maximum Gasteiger partial charge on any atom is 0.134 e. The molecule has 0 radical (unpaired) electrons. The van der Waals surface area contributed by atoms with Gasteiger partial charge in [-0.3, -0.25) is 0 Å². The topological polar surface area (TPSA) is 45.4 Å². The molecule has 0 aliphatic heterocycles. The van der Waals surface area contributed by atoms with E-state index in [0.717, 1.165) is 37.2 Å². The summed E-state index contributed by atoms with van der Waals surface area (Å²) in [5.41, 5.74) is 2.17. The van der Waals surface area contributed by atoms with Gasteiger partial charge in [-0.1, -0.05) is 24.6 Å². The number of fused-ring (bicyclic) bond motifs is 1. The molecule has 1 aliphatic rings. The third kappa shape index (κ3) is 2.48. The van der Waals surface area contributed by atoms with Crippen molar-refractivity contribution in [2.45, 2.75) is 45.3 Å². The lowest BCUT2D eigenvalue weighted by atomic mass is 10.0. The Balaban J connectivity index is 1.72. The van der Waals surface area contributed by atoms with Crippen molar-refractivity contribution in [3.63, 3.8) is 0 Å². The summed E-state index contributed by atoms with van der Waals surface area (Å²) in [5.74, 6) is 1.40. The Bertz CT molecular complexity index is 590. The zero-order valence-electron chi connectivity index (χ0n) is 12.2. The average molecular weight is 273 g/mol. The number of aliphatic hydroxyl groups is 1. The Hall–Kier alpha value is -1.32. The number of aliphatic hydroxyl groups excluding tert-OH is 1. The van der Waals surface area contributed by atoms with Crippen LogP contribution in [-0.2, 0) is 0 Å². The van der Waals surface area contributed by atoms with Crippen molar-refractivity contribution in [3.8, 4) is 0 Å². The van der Waals surface area contributed by atoms with Crippen LogP contribution < -0.4 is 5.32 Å². The number of hydrogen-bond donors (Lipinski definition) is 2. The van der Waals surface area contributed by atoms with E-state index in [1.807, 2.05) is 18.2 Å². The second-order valence-corrected chi connectivity index (χ2v) is 5.98. The molecule has 2 N–H and O–H groups in total. The van der Waals surface area contributed by atoms with Gasteiger partial charge in [0.05, 0.1) is 12.1 Å². The molecule has 1 heterocycles. The van der Waals surface area contributed by atoms with E-state index in [4.69, 9.17) is 4.42 Å². The lowest BCUT2D eigenvalue weighted by Crippen LogP contribution is -2.29. The van der Waals surface area contributed by atoms with E-state index in [9.17, 15) is 5.11 Å². The van der Waals surface area contributed by atoms with Crippen LogP contribution in [0.4, 0.5) is 0 Å². The first-order valence-corrected chi connectivity index (χ1v) is 7.56. The van der Waals surface area contributed by atoms with E-state index in [1.54, 1.807) is 0 Å². The van der Waals surface area contributed by atoms with Crippen molar-refractivity contribution in [1.82, 2.24) is 5.32 Å². The molecule has 0 bridgehead atoms. The van der Waals surface area contributed by atoms with Gasteiger partial charge in [0, 0.05) is 11.9 Å². The maximum atomic E-state index is 9.88. The predicted molar refractivity (Wildman–Crippen MR) is 80.7 cm³/mol. The molecule has 3 atom stereocenters. The van der Waals surface area contributed by atoms with Crippen molar-refractivity contribution in [1.29, 1.82) is 0 Å². The third-order valence-corrected chi connectivity index (χ3v) is 4.58. The normalized spacial score (nSPS) is 24.4. The van der Waals surface area contributed by atoms with Crippen LogP contribution in [-0.4, -0.2) is 17.8 Å². The van der Waals surface area contributed by atoms with E-state index in [1.165, 1.54) is 10.9 Å². The molecule has 108 valence electrons. The van der Waals surface area contributed by atoms with Crippen LogP contribution >= 0.6 is 0 Å². The van der Waals surface area contributed by atoms with Gasteiger partial charge in [0.2, 0.25) is 0 Å². The molecule has 3 rings (SSSR count). The quantitative estimate of drug-likeness (QED) is 0.895. The fourth-order valence-corrected chi connectivity index (χ4v) is 3.28. The number of para-hydroxylation sites is 1. The highest BCUT2D eigenvalue weighted by molar-refractivity contribution is 5.82. The molecule has 1 saturated carbocycles. The molecular weight excluding hydrogens is 250 g/mol. The minimum atomic E-state index is -0.133. The Morgan fingerprint density at radius 2 is 2.15 bits per heavy atom. The Labute approximate surface area is 120 Å².